The number of hydrogen-bond acceptors (Lipinski definition) is 4. The number of carbonyl (C=O) groups excluding carboxylic acids is 1. The van der Waals surface area contributed by atoms with Gasteiger partial charge in [0.2, 0.25) is 6.20 Å². The molecule has 0 atom stereocenters. The maximum Gasteiger partial charge on any atom is 0.288 e. The highest BCUT2D eigenvalue weighted by Crippen LogP contribution is 2.30. The van der Waals surface area contributed by atoms with Crippen LogP contribution in [-0.4, -0.2) is 19.9 Å². The minimum Gasteiger partial charge on any atom is -0.298 e. The van der Waals surface area contributed by atoms with Gasteiger partial charge in [-0.3, -0.25) is 14.7 Å². The number of anilines is 1. The van der Waals surface area contributed by atoms with Crippen LogP contribution in [0.25, 0.3) is 10.9 Å². The van der Waals surface area contributed by atoms with Crippen molar-refractivity contribution < 1.29 is 23.1 Å². The van der Waals surface area contributed by atoms with Crippen LogP contribution in [0.15, 0.2) is 59.6 Å². The molecule has 1 heterocycles. The van der Waals surface area contributed by atoms with Gasteiger partial charge in [0, 0.05) is 4.73 Å². The molecule has 3 aromatic rings. The second-order valence-electron chi connectivity index (χ2n) is 7.23. The molecule has 0 unspecified atom stereocenters. The van der Waals surface area contributed by atoms with Crippen molar-refractivity contribution in [1.29, 1.82) is 0 Å². The first-order chi connectivity index (χ1) is 13.5. The summed E-state index contributed by atoms with van der Waals surface area (Å²) in [5, 5.41) is 10.7. The summed E-state index contributed by atoms with van der Waals surface area (Å²) < 4.78 is 28.9. The Morgan fingerprint density at radius 2 is 1.89 bits per heavy atom. The molecule has 1 saturated carbocycles. The van der Waals surface area contributed by atoms with E-state index in [4.69, 9.17) is 0 Å². The van der Waals surface area contributed by atoms with Crippen molar-refractivity contribution in [3.05, 3.63) is 65.9 Å². The average Bonchev–Trinajstić information content (AvgIpc) is 2.64. The summed E-state index contributed by atoms with van der Waals surface area (Å²) in [7, 11) is -3.82. The molecule has 28 heavy (non-hydrogen) atoms. The van der Waals surface area contributed by atoms with Gasteiger partial charge in [0.1, 0.15) is 5.69 Å². The van der Waals surface area contributed by atoms with Crippen LogP contribution in [-0.2, 0) is 16.4 Å². The lowest BCUT2D eigenvalue weighted by molar-refractivity contribution is -0.884. The maximum absolute atomic E-state index is 12.8. The monoisotopic (exact) mass is 397 g/mol. The Labute approximate surface area is 163 Å². The van der Waals surface area contributed by atoms with Crippen molar-refractivity contribution in [2.24, 2.45) is 5.92 Å². The Morgan fingerprint density at radius 3 is 2.54 bits per heavy atom. The number of rotatable bonds is 6. The number of nitrogens with one attached hydrogen (secondary N) is 1. The Morgan fingerprint density at radius 1 is 1.14 bits per heavy atom. The minimum atomic E-state index is -3.82. The molecule has 0 aliphatic heterocycles. The summed E-state index contributed by atoms with van der Waals surface area (Å²) in [6, 6.07) is 13.5. The summed E-state index contributed by atoms with van der Waals surface area (Å²) >= 11 is 0. The molecule has 1 aliphatic rings. The normalized spacial score (nSPS) is 14.6. The van der Waals surface area contributed by atoms with Crippen LogP contribution in [0.2, 0.25) is 0 Å². The zero-order valence-corrected chi connectivity index (χ0v) is 16.0. The Bertz CT molecular complexity index is 1140. The van der Waals surface area contributed by atoms with Gasteiger partial charge < -0.3 is 0 Å². The largest absolute Gasteiger partial charge is 0.298 e. The lowest BCUT2D eigenvalue weighted by atomic mass is 9.81. The third kappa shape index (κ3) is 3.57. The molecule has 0 saturated heterocycles. The number of benzene rings is 2. The van der Waals surface area contributed by atoms with Gasteiger partial charge in [-0.15, -0.1) is 0 Å². The number of para-hydroxylation sites is 1. The van der Waals surface area contributed by atoms with Crippen LogP contribution in [0, 0.1) is 5.92 Å². The van der Waals surface area contributed by atoms with E-state index in [1.165, 1.54) is 25.5 Å². The van der Waals surface area contributed by atoms with E-state index in [0.29, 0.717) is 17.6 Å². The van der Waals surface area contributed by atoms with Crippen LogP contribution in [0.4, 0.5) is 5.69 Å². The molecule has 2 aromatic carbocycles. The van der Waals surface area contributed by atoms with Gasteiger partial charge in [-0.05, 0) is 48.2 Å². The lowest BCUT2D eigenvalue weighted by Gasteiger charge is -2.25. The van der Waals surface area contributed by atoms with Gasteiger partial charge in [0.15, 0.2) is 6.29 Å². The van der Waals surface area contributed by atoms with Crippen molar-refractivity contribution in [3.8, 4) is 0 Å². The second-order valence-corrected chi connectivity index (χ2v) is 8.91. The number of aldehydes is 1. The van der Waals surface area contributed by atoms with E-state index >= 15 is 0 Å². The molecule has 7 heteroatoms. The standard InChI is InChI=1S/C21H21N2O4S/c24-14-17-12-18-5-2-6-20(21(18)23(25)13-17)22-28(26,27)19-9-7-16(8-10-19)11-15-3-1-4-15/h2,5-10,12-15,22,25H,1,3-4,11H2/q+1. The first-order valence-electron chi connectivity index (χ1n) is 9.21. The highest BCUT2D eigenvalue weighted by Gasteiger charge is 2.22. The number of aromatic nitrogens is 1. The topological polar surface area (TPSA) is 87.4 Å². The fourth-order valence-corrected chi connectivity index (χ4v) is 4.61. The maximum atomic E-state index is 12.8. The number of carbonyl (C=O) groups is 1. The van der Waals surface area contributed by atoms with Gasteiger partial charge in [-0.2, -0.15) is 0 Å². The minimum absolute atomic E-state index is 0.163. The smallest absolute Gasteiger partial charge is 0.288 e. The SMILES string of the molecule is O=Cc1cc2cccc(NS(=O)(=O)c3ccc(CC4CCC4)cc3)c2[n+](O)c1. The van der Waals surface area contributed by atoms with Crippen LogP contribution in [0.1, 0.15) is 35.2 Å². The molecule has 2 N–H and O–H groups in total. The number of pyridine rings is 1. The summed E-state index contributed by atoms with van der Waals surface area (Å²) in [6.45, 7) is 0. The second kappa shape index (κ2) is 7.24. The molecule has 1 aliphatic carbocycles. The molecule has 144 valence electrons. The van der Waals surface area contributed by atoms with Crippen LogP contribution < -0.4 is 9.45 Å². The van der Waals surface area contributed by atoms with Gasteiger partial charge in [-0.1, -0.05) is 37.5 Å². The molecule has 0 spiro atoms. The Kier molecular flexibility index (Phi) is 4.77. The Hall–Kier alpha value is -2.93. The van der Waals surface area contributed by atoms with E-state index in [1.807, 2.05) is 12.1 Å². The first-order valence-corrected chi connectivity index (χ1v) is 10.7. The molecule has 4 rings (SSSR count). The molecule has 0 bridgehead atoms. The number of sulfonamides is 1. The van der Waals surface area contributed by atoms with E-state index in [0.717, 1.165) is 16.7 Å². The van der Waals surface area contributed by atoms with Crippen LogP contribution in [0.3, 0.4) is 0 Å². The lowest BCUT2D eigenvalue weighted by Crippen LogP contribution is -2.32. The molecule has 0 amide bonds. The van der Waals surface area contributed by atoms with Crippen molar-refractivity contribution in [2.45, 2.75) is 30.6 Å². The predicted molar refractivity (Wildman–Crippen MR) is 105 cm³/mol. The van der Waals surface area contributed by atoms with Gasteiger partial charge >= 0.3 is 0 Å². The predicted octanol–water partition coefficient (Wildman–Crippen LogP) is 3.32. The van der Waals surface area contributed by atoms with Crippen molar-refractivity contribution in [2.75, 3.05) is 4.72 Å². The van der Waals surface area contributed by atoms with Crippen LogP contribution >= 0.6 is 0 Å². The third-order valence-electron chi connectivity index (χ3n) is 5.25. The van der Waals surface area contributed by atoms with Gasteiger partial charge in [0.05, 0.1) is 15.8 Å². The van der Waals surface area contributed by atoms with Crippen molar-refractivity contribution in [1.82, 2.24) is 0 Å². The summed E-state index contributed by atoms with van der Waals surface area (Å²) in [4.78, 5) is 11.1. The number of fused-ring (bicyclic) bond motifs is 1. The van der Waals surface area contributed by atoms with E-state index in [2.05, 4.69) is 4.72 Å². The van der Waals surface area contributed by atoms with Gasteiger partial charge in [-0.25, -0.2) is 8.42 Å². The zero-order chi connectivity index (χ0) is 19.7. The van der Waals surface area contributed by atoms with E-state index in [1.54, 1.807) is 36.4 Å². The molecule has 0 radical (unpaired) electrons. The molecular weight excluding hydrogens is 376 g/mol. The zero-order valence-electron chi connectivity index (χ0n) is 15.2. The van der Waals surface area contributed by atoms with Crippen molar-refractivity contribution in [3.63, 3.8) is 0 Å². The number of nitrogens with zero attached hydrogens (tertiary/aromatic N) is 1. The average molecular weight is 397 g/mol. The summed E-state index contributed by atoms with van der Waals surface area (Å²) in [5.74, 6) is 0.715. The molecule has 1 fully saturated rings. The van der Waals surface area contributed by atoms with E-state index in [-0.39, 0.29) is 21.7 Å². The van der Waals surface area contributed by atoms with E-state index < -0.39 is 10.0 Å². The van der Waals surface area contributed by atoms with Crippen molar-refractivity contribution >= 4 is 32.9 Å². The summed E-state index contributed by atoms with van der Waals surface area (Å²) in [6.07, 6.45) is 6.62. The molecular formula is C21H21N2O4S+. The van der Waals surface area contributed by atoms with Gasteiger partial charge in [0.25, 0.3) is 15.5 Å². The Balaban J connectivity index is 1.63. The van der Waals surface area contributed by atoms with Crippen LogP contribution in [0.5, 0.6) is 0 Å². The quantitative estimate of drug-likeness (QED) is 0.379. The first kappa shape index (κ1) is 18.4. The number of hydrogen-bond donors (Lipinski definition) is 2. The third-order valence-corrected chi connectivity index (χ3v) is 6.63. The molecule has 6 nitrogen and oxygen atoms in total. The fraction of sp³-hybridized carbons (Fsp3) is 0.238. The highest BCUT2D eigenvalue weighted by atomic mass is 32.2. The fourth-order valence-electron chi connectivity index (χ4n) is 3.54. The van der Waals surface area contributed by atoms with E-state index in [9.17, 15) is 18.4 Å². The summed E-state index contributed by atoms with van der Waals surface area (Å²) in [5.41, 5.74) is 1.94. The molecule has 1 aromatic heterocycles. The highest BCUT2D eigenvalue weighted by molar-refractivity contribution is 7.92.